The van der Waals surface area contributed by atoms with E-state index in [0.29, 0.717) is 5.88 Å². The molecular formula is C14H16N2O2. The van der Waals surface area contributed by atoms with Gasteiger partial charge >= 0.3 is 0 Å². The molecule has 0 saturated carbocycles. The van der Waals surface area contributed by atoms with Crippen molar-refractivity contribution in [3.8, 4) is 11.6 Å². The zero-order chi connectivity index (χ0) is 13.0. The Morgan fingerprint density at radius 2 is 2.11 bits per heavy atom. The van der Waals surface area contributed by atoms with Gasteiger partial charge in [-0.25, -0.2) is 4.98 Å². The molecule has 1 atom stereocenters. The van der Waals surface area contributed by atoms with E-state index in [1.807, 2.05) is 31.2 Å². The quantitative estimate of drug-likeness (QED) is 0.868. The highest BCUT2D eigenvalue weighted by Gasteiger charge is 2.09. The van der Waals surface area contributed by atoms with Gasteiger partial charge in [0.1, 0.15) is 5.75 Å². The highest BCUT2D eigenvalue weighted by Crippen LogP contribution is 2.26. The van der Waals surface area contributed by atoms with Gasteiger partial charge in [0, 0.05) is 12.2 Å². The summed E-state index contributed by atoms with van der Waals surface area (Å²) in [6, 6.07) is 11.0. The Bertz CT molecular complexity index is 529. The number of pyridine rings is 1. The zero-order valence-electron chi connectivity index (χ0n) is 10.4. The van der Waals surface area contributed by atoms with Crippen molar-refractivity contribution in [1.29, 1.82) is 0 Å². The molecule has 4 heteroatoms. The maximum atomic E-state index is 9.46. The van der Waals surface area contributed by atoms with Crippen molar-refractivity contribution < 1.29 is 9.84 Å². The Balaban J connectivity index is 2.18. The van der Waals surface area contributed by atoms with Crippen molar-refractivity contribution in [2.24, 2.45) is 0 Å². The van der Waals surface area contributed by atoms with Gasteiger partial charge in [-0.3, -0.25) is 0 Å². The number of aromatic nitrogens is 1. The number of methoxy groups -OCH3 is 1. The summed E-state index contributed by atoms with van der Waals surface area (Å²) in [7, 11) is 1.59. The van der Waals surface area contributed by atoms with Crippen LogP contribution in [0.1, 0.15) is 18.5 Å². The Labute approximate surface area is 106 Å². The van der Waals surface area contributed by atoms with Crippen LogP contribution in [-0.2, 0) is 0 Å². The van der Waals surface area contributed by atoms with E-state index >= 15 is 0 Å². The van der Waals surface area contributed by atoms with Crippen LogP contribution in [0.5, 0.6) is 11.6 Å². The Morgan fingerprint density at radius 1 is 1.28 bits per heavy atom. The summed E-state index contributed by atoms with van der Waals surface area (Å²) in [6.07, 6.45) is 1.68. The third-order valence-corrected chi connectivity index (χ3v) is 2.71. The fourth-order valence-electron chi connectivity index (χ4n) is 1.77. The highest BCUT2D eigenvalue weighted by atomic mass is 16.5. The average Bonchev–Trinajstić information content (AvgIpc) is 2.39. The molecule has 4 nitrogen and oxygen atoms in total. The number of ether oxygens (including phenoxy) is 1. The standard InChI is InChI=1S/C14H16N2O2/c1-10(11-5-3-6-12(17)9-11)16-13-7-4-8-15-14(13)18-2/h3-10,16-17H,1-2H3. The highest BCUT2D eigenvalue weighted by molar-refractivity contribution is 5.53. The number of hydrogen-bond acceptors (Lipinski definition) is 4. The zero-order valence-corrected chi connectivity index (χ0v) is 10.4. The molecule has 2 N–H and O–H groups in total. The van der Waals surface area contributed by atoms with E-state index in [0.717, 1.165) is 11.3 Å². The van der Waals surface area contributed by atoms with E-state index in [1.54, 1.807) is 25.4 Å². The Kier molecular flexibility index (Phi) is 3.67. The van der Waals surface area contributed by atoms with Crippen molar-refractivity contribution in [2.75, 3.05) is 12.4 Å². The lowest BCUT2D eigenvalue weighted by Gasteiger charge is -2.17. The van der Waals surface area contributed by atoms with E-state index in [1.165, 1.54) is 0 Å². The SMILES string of the molecule is COc1ncccc1NC(C)c1cccc(O)c1. The van der Waals surface area contributed by atoms with E-state index in [2.05, 4.69) is 10.3 Å². The number of nitrogens with one attached hydrogen (secondary N) is 1. The second kappa shape index (κ2) is 5.40. The van der Waals surface area contributed by atoms with Crippen LogP contribution in [0.4, 0.5) is 5.69 Å². The van der Waals surface area contributed by atoms with Crippen molar-refractivity contribution in [1.82, 2.24) is 4.98 Å². The van der Waals surface area contributed by atoms with E-state index in [4.69, 9.17) is 4.74 Å². The summed E-state index contributed by atoms with van der Waals surface area (Å²) >= 11 is 0. The van der Waals surface area contributed by atoms with Gasteiger partial charge in [0.05, 0.1) is 12.8 Å². The molecule has 0 aliphatic carbocycles. The number of nitrogens with zero attached hydrogens (tertiary/aromatic N) is 1. The molecule has 1 heterocycles. The van der Waals surface area contributed by atoms with Gasteiger partial charge in [-0.2, -0.15) is 0 Å². The second-order valence-electron chi connectivity index (χ2n) is 4.02. The predicted molar refractivity (Wildman–Crippen MR) is 70.9 cm³/mol. The summed E-state index contributed by atoms with van der Waals surface area (Å²) in [5.41, 5.74) is 1.83. The lowest BCUT2D eigenvalue weighted by atomic mass is 10.1. The van der Waals surface area contributed by atoms with Crippen LogP contribution in [0.2, 0.25) is 0 Å². The van der Waals surface area contributed by atoms with Crippen LogP contribution in [0, 0.1) is 0 Å². The van der Waals surface area contributed by atoms with Gasteiger partial charge in [-0.1, -0.05) is 12.1 Å². The summed E-state index contributed by atoms with van der Waals surface area (Å²) < 4.78 is 5.18. The van der Waals surface area contributed by atoms with Crippen LogP contribution < -0.4 is 10.1 Å². The van der Waals surface area contributed by atoms with Gasteiger partial charge in [0.25, 0.3) is 0 Å². The molecule has 18 heavy (non-hydrogen) atoms. The molecule has 1 unspecified atom stereocenters. The first-order chi connectivity index (χ1) is 8.70. The number of phenols is 1. The van der Waals surface area contributed by atoms with E-state index < -0.39 is 0 Å². The topological polar surface area (TPSA) is 54.4 Å². The van der Waals surface area contributed by atoms with Crippen LogP contribution in [0.15, 0.2) is 42.6 Å². The number of hydrogen-bond donors (Lipinski definition) is 2. The largest absolute Gasteiger partial charge is 0.508 e. The maximum Gasteiger partial charge on any atom is 0.237 e. The van der Waals surface area contributed by atoms with Crippen molar-refractivity contribution >= 4 is 5.69 Å². The molecule has 0 saturated heterocycles. The van der Waals surface area contributed by atoms with Crippen LogP contribution >= 0.6 is 0 Å². The molecule has 0 fully saturated rings. The predicted octanol–water partition coefficient (Wildman–Crippen LogP) is 2.97. The third kappa shape index (κ3) is 2.71. The van der Waals surface area contributed by atoms with Crippen LogP contribution in [0.25, 0.3) is 0 Å². The van der Waals surface area contributed by atoms with E-state index in [-0.39, 0.29) is 11.8 Å². The summed E-state index contributed by atoms with van der Waals surface area (Å²) in [5, 5.41) is 12.8. The van der Waals surface area contributed by atoms with Crippen LogP contribution in [0.3, 0.4) is 0 Å². The van der Waals surface area contributed by atoms with E-state index in [9.17, 15) is 5.11 Å². The normalized spacial score (nSPS) is 11.9. The Hall–Kier alpha value is -2.23. The molecule has 0 bridgehead atoms. The van der Waals surface area contributed by atoms with Gasteiger partial charge in [-0.15, -0.1) is 0 Å². The second-order valence-corrected chi connectivity index (χ2v) is 4.02. The molecule has 94 valence electrons. The fraction of sp³-hybridized carbons (Fsp3) is 0.214. The molecule has 1 aromatic carbocycles. The first-order valence-corrected chi connectivity index (χ1v) is 5.75. The van der Waals surface area contributed by atoms with Crippen molar-refractivity contribution in [3.05, 3.63) is 48.2 Å². The molecule has 0 spiro atoms. The van der Waals surface area contributed by atoms with Gasteiger partial charge < -0.3 is 15.2 Å². The molecular weight excluding hydrogens is 228 g/mol. The average molecular weight is 244 g/mol. The summed E-state index contributed by atoms with van der Waals surface area (Å²) in [6.45, 7) is 2.02. The van der Waals surface area contributed by atoms with Gasteiger partial charge in [0.15, 0.2) is 0 Å². The molecule has 0 radical (unpaired) electrons. The lowest BCUT2D eigenvalue weighted by molar-refractivity contribution is 0.399. The molecule has 0 amide bonds. The first kappa shape index (κ1) is 12.2. The third-order valence-electron chi connectivity index (χ3n) is 2.71. The van der Waals surface area contributed by atoms with Crippen LogP contribution in [-0.4, -0.2) is 17.2 Å². The maximum absolute atomic E-state index is 9.46. The number of phenolic OH excluding ortho intramolecular Hbond substituents is 1. The minimum atomic E-state index is 0.0511. The van der Waals surface area contributed by atoms with Gasteiger partial charge in [0.2, 0.25) is 5.88 Å². The number of rotatable bonds is 4. The Morgan fingerprint density at radius 3 is 2.83 bits per heavy atom. The van der Waals surface area contributed by atoms with Crippen molar-refractivity contribution in [3.63, 3.8) is 0 Å². The number of anilines is 1. The molecule has 0 aliphatic heterocycles. The fourth-order valence-corrected chi connectivity index (χ4v) is 1.77. The van der Waals surface area contributed by atoms with Gasteiger partial charge in [-0.05, 0) is 36.8 Å². The molecule has 2 rings (SSSR count). The number of aromatic hydroxyl groups is 1. The molecule has 1 aromatic heterocycles. The lowest BCUT2D eigenvalue weighted by Crippen LogP contribution is -2.08. The summed E-state index contributed by atoms with van der Waals surface area (Å²) in [4.78, 5) is 4.13. The number of benzene rings is 1. The minimum Gasteiger partial charge on any atom is -0.508 e. The molecule has 0 aliphatic rings. The first-order valence-electron chi connectivity index (χ1n) is 5.75. The van der Waals surface area contributed by atoms with Crippen molar-refractivity contribution in [2.45, 2.75) is 13.0 Å². The minimum absolute atomic E-state index is 0.0511. The monoisotopic (exact) mass is 244 g/mol. The summed E-state index contributed by atoms with van der Waals surface area (Å²) in [5.74, 6) is 0.823. The molecule has 2 aromatic rings. The smallest absolute Gasteiger partial charge is 0.237 e.